The van der Waals surface area contributed by atoms with Crippen LogP contribution in [0.3, 0.4) is 0 Å². The van der Waals surface area contributed by atoms with Crippen molar-refractivity contribution < 1.29 is 4.74 Å². The van der Waals surface area contributed by atoms with Crippen LogP contribution < -0.4 is 9.64 Å². The molecule has 30 heavy (non-hydrogen) atoms. The van der Waals surface area contributed by atoms with Crippen LogP contribution in [0.4, 0.5) is 5.69 Å². The minimum atomic E-state index is 0.638. The van der Waals surface area contributed by atoms with E-state index in [0.717, 1.165) is 59.4 Å². The molecule has 0 bridgehead atoms. The summed E-state index contributed by atoms with van der Waals surface area (Å²) in [6.07, 6.45) is 3.44. The summed E-state index contributed by atoms with van der Waals surface area (Å²) in [5.74, 6) is 0.908. The number of unbranched alkanes of at least 4 members (excludes halogenated alkanes) is 1. The molecule has 0 saturated carbocycles. The highest BCUT2D eigenvalue weighted by molar-refractivity contribution is 7.17. The molecular formula is C24H30N4OS. The summed E-state index contributed by atoms with van der Waals surface area (Å²) in [4.78, 5) is 4.78. The molecule has 6 heteroatoms. The van der Waals surface area contributed by atoms with Crippen LogP contribution in [0.15, 0.2) is 48.5 Å². The lowest BCUT2D eigenvalue weighted by Gasteiger charge is -2.21. The zero-order valence-electron chi connectivity index (χ0n) is 18.0. The Morgan fingerprint density at radius 3 is 2.20 bits per heavy atom. The molecule has 3 aromatic rings. The number of rotatable bonds is 8. The largest absolute Gasteiger partial charge is 0.494 e. The lowest BCUT2D eigenvalue weighted by Crippen LogP contribution is -2.31. The van der Waals surface area contributed by atoms with Gasteiger partial charge in [-0.1, -0.05) is 24.7 Å². The van der Waals surface area contributed by atoms with Crippen molar-refractivity contribution >= 4 is 17.0 Å². The lowest BCUT2D eigenvalue weighted by molar-refractivity contribution is 0.309. The van der Waals surface area contributed by atoms with Gasteiger partial charge in [-0.2, -0.15) is 0 Å². The van der Waals surface area contributed by atoms with E-state index in [2.05, 4.69) is 77.4 Å². The van der Waals surface area contributed by atoms with Crippen LogP contribution in [0.1, 0.15) is 26.2 Å². The number of likely N-dealkylation sites (N-methyl/N-ethyl adjacent to an activating group) is 1. The van der Waals surface area contributed by atoms with Gasteiger partial charge >= 0.3 is 0 Å². The van der Waals surface area contributed by atoms with Crippen molar-refractivity contribution in [2.24, 2.45) is 0 Å². The van der Waals surface area contributed by atoms with Crippen molar-refractivity contribution in [3.63, 3.8) is 0 Å². The molecule has 2 aromatic carbocycles. The van der Waals surface area contributed by atoms with Crippen LogP contribution in [0, 0.1) is 0 Å². The first kappa shape index (κ1) is 20.8. The number of benzene rings is 2. The zero-order valence-corrected chi connectivity index (χ0v) is 18.9. The molecule has 2 heterocycles. The van der Waals surface area contributed by atoms with Gasteiger partial charge in [0.05, 0.1) is 6.61 Å². The minimum absolute atomic E-state index is 0.638. The lowest BCUT2D eigenvalue weighted by atomic mass is 10.2. The Morgan fingerprint density at radius 2 is 1.63 bits per heavy atom. The van der Waals surface area contributed by atoms with E-state index in [-0.39, 0.29) is 0 Å². The molecule has 1 unspecified atom stereocenters. The second kappa shape index (κ2) is 9.58. The fourth-order valence-electron chi connectivity index (χ4n) is 3.70. The molecule has 1 atom stereocenters. The number of hydrogen-bond donors (Lipinski definition) is 0. The Morgan fingerprint density at radius 1 is 1.00 bits per heavy atom. The molecule has 4 rings (SSSR count). The minimum Gasteiger partial charge on any atom is -0.494 e. The molecule has 1 aliphatic heterocycles. The van der Waals surface area contributed by atoms with Crippen molar-refractivity contribution in [3.8, 4) is 26.9 Å². The molecule has 158 valence electrons. The molecule has 0 N–H and O–H groups in total. The average Bonchev–Trinajstić information content (AvgIpc) is 3.45. The van der Waals surface area contributed by atoms with Crippen molar-refractivity contribution in [1.29, 1.82) is 0 Å². The predicted molar refractivity (Wildman–Crippen MR) is 125 cm³/mol. The van der Waals surface area contributed by atoms with Gasteiger partial charge in [-0.3, -0.25) is 0 Å². The third-order valence-corrected chi connectivity index (χ3v) is 6.69. The van der Waals surface area contributed by atoms with E-state index in [4.69, 9.17) is 4.74 Å². The Balaban J connectivity index is 1.41. The number of ether oxygens (including phenoxy) is 1. The highest BCUT2D eigenvalue weighted by Gasteiger charge is 2.24. The van der Waals surface area contributed by atoms with Crippen molar-refractivity contribution in [2.75, 3.05) is 38.7 Å². The van der Waals surface area contributed by atoms with Gasteiger partial charge in [-0.25, -0.2) is 0 Å². The predicted octanol–water partition coefficient (Wildman–Crippen LogP) is 5.19. The Hall–Kier alpha value is -2.44. The van der Waals surface area contributed by atoms with Gasteiger partial charge in [-0.15, -0.1) is 10.2 Å². The molecule has 1 fully saturated rings. The van der Waals surface area contributed by atoms with E-state index in [0.29, 0.717) is 6.04 Å². The Labute approximate surface area is 183 Å². The smallest absolute Gasteiger partial charge is 0.148 e. The van der Waals surface area contributed by atoms with Gasteiger partial charge in [0, 0.05) is 35.9 Å². The van der Waals surface area contributed by atoms with E-state index >= 15 is 0 Å². The van der Waals surface area contributed by atoms with Crippen LogP contribution in [0.25, 0.3) is 21.1 Å². The first-order chi connectivity index (χ1) is 14.6. The first-order valence-electron chi connectivity index (χ1n) is 10.7. The maximum Gasteiger partial charge on any atom is 0.148 e. The second-order valence-electron chi connectivity index (χ2n) is 8.04. The topological polar surface area (TPSA) is 41.5 Å². The highest BCUT2D eigenvalue weighted by Crippen LogP contribution is 2.32. The molecule has 0 spiro atoms. The van der Waals surface area contributed by atoms with Crippen LogP contribution >= 0.6 is 11.3 Å². The monoisotopic (exact) mass is 422 g/mol. The standard InChI is InChI=1S/C24H30N4OS/c1-4-5-16-29-22-12-8-19(9-13-22)24-26-25-23(30-24)18-6-10-20(11-7-18)28-15-14-21(17-28)27(2)3/h6-13,21H,4-5,14-17H2,1-3H3. The molecule has 0 amide bonds. The van der Waals surface area contributed by atoms with Crippen molar-refractivity contribution in [3.05, 3.63) is 48.5 Å². The maximum absolute atomic E-state index is 5.75. The summed E-state index contributed by atoms with van der Waals surface area (Å²) < 4.78 is 5.75. The SMILES string of the molecule is CCCCOc1ccc(-c2nnc(-c3ccc(N4CCC(N(C)C)C4)cc3)s2)cc1. The number of aromatic nitrogens is 2. The third kappa shape index (κ3) is 4.82. The quantitative estimate of drug-likeness (QED) is 0.467. The molecular weight excluding hydrogens is 392 g/mol. The zero-order chi connectivity index (χ0) is 20.9. The van der Waals surface area contributed by atoms with Crippen LogP contribution in [-0.4, -0.2) is 54.9 Å². The van der Waals surface area contributed by atoms with Gasteiger partial charge in [-0.05, 0) is 75.5 Å². The fourth-order valence-corrected chi connectivity index (χ4v) is 4.55. The van der Waals surface area contributed by atoms with Crippen LogP contribution in [0.5, 0.6) is 5.75 Å². The van der Waals surface area contributed by atoms with Gasteiger partial charge in [0.2, 0.25) is 0 Å². The first-order valence-corrected chi connectivity index (χ1v) is 11.5. The van der Waals surface area contributed by atoms with E-state index in [1.165, 1.54) is 12.1 Å². The second-order valence-corrected chi connectivity index (χ2v) is 9.02. The van der Waals surface area contributed by atoms with E-state index < -0.39 is 0 Å². The van der Waals surface area contributed by atoms with Crippen molar-refractivity contribution in [2.45, 2.75) is 32.2 Å². The summed E-state index contributed by atoms with van der Waals surface area (Å²) in [5, 5.41) is 10.7. The summed E-state index contributed by atoms with van der Waals surface area (Å²) >= 11 is 1.63. The summed E-state index contributed by atoms with van der Waals surface area (Å²) in [6.45, 7) is 5.14. The molecule has 5 nitrogen and oxygen atoms in total. The number of anilines is 1. The van der Waals surface area contributed by atoms with Crippen molar-refractivity contribution in [1.82, 2.24) is 15.1 Å². The Kier molecular flexibility index (Phi) is 6.65. The summed E-state index contributed by atoms with van der Waals surface area (Å²) in [5.41, 5.74) is 3.47. The van der Waals surface area contributed by atoms with Crippen LogP contribution in [-0.2, 0) is 0 Å². The normalized spacial score (nSPS) is 16.4. The summed E-state index contributed by atoms with van der Waals surface area (Å²) in [6, 6.07) is 17.5. The molecule has 1 aromatic heterocycles. The van der Waals surface area contributed by atoms with Gasteiger partial charge in [0.1, 0.15) is 15.8 Å². The van der Waals surface area contributed by atoms with Gasteiger partial charge in [0.25, 0.3) is 0 Å². The van der Waals surface area contributed by atoms with E-state index in [1.807, 2.05) is 12.1 Å². The molecule has 0 radical (unpaired) electrons. The average molecular weight is 423 g/mol. The van der Waals surface area contributed by atoms with E-state index in [1.54, 1.807) is 11.3 Å². The number of hydrogen-bond acceptors (Lipinski definition) is 6. The fraction of sp³-hybridized carbons (Fsp3) is 0.417. The van der Waals surface area contributed by atoms with E-state index in [9.17, 15) is 0 Å². The van der Waals surface area contributed by atoms with Gasteiger partial charge in [0.15, 0.2) is 0 Å². The van der Waals surface area contributed by atoms with Gasteiger partial charge < -0.3 is 14.5 Å². The third-order valence-electron chi connectivity index (χ3n) is 5.67. The summed E-state index contributed by atoms with van der Waals surface area (Å²) in [7, 11) is 4.33. The molecule has 1 aliphatic rings. The van der Waals surface area contributed by atoms with Crippen LogP contribution in [0.2, 0.25) is 0 Å². The molecule has 0 aliphatic carbocycles. The maximum atomic E-state index is 5.75. The number of nitrogens with zero attached hydrogens (tertiary/aromatic N) is 4. The highest BCUT2D eigenvalue weighted by atomic mass is 32.1. The Bertz CT molecular complexity index is 937. The molecule has 1 saturated heterocycles.